The van der Waals surface area contributed by atoms with Crippen molar-refractivity contribution < 1.29 is 9.90 Å². The molecule has 0 spiro atoms. The standard InChI is InChI=1S/C13H18N2O2/c1-14-7-8-15(10-12(14)9-13(16)17)11-5-3-2-4-6-11/h2-6,12H,7-10H2,1H3,(H,16,17). The maximum atomic E-state index is 10.8. The Hall–Kier alpha value is -1.55. The molecule has 1 saturated heterocycles. The van der Waals surface area contributed by atoms with Crippen LogP contribution in [0.2, 0.25) is 0 Å². The van der Waals surface area contributed by atoms with Crippen LogP contribution >= 0.6 is 0 Å². The summed E-state index contributed by atoms with van der Waals surface area (Å²) < 4.78 is 0. The number of hydrogen-bond acceptors (Lipinski definition) is 3. The lowest BCUT2D eigenvalue weighted by atomic mass is 10.1. The first kappa shape index (κ1) is 11.9. The zero-order valence-electron chi connectivity index (χ0n) is 10.0. The molecule has 1 aliphatic heterocycles. The minimum Gasteiger partial charge on any atom is -0.481 e. The number of carbonyl (C=O) groups is 1. The van der Waals surface area contributed by atoms with Crippen LogP contribution in [0.15, 0.2) is 30.3 Å². The Bertz CT molecular complexity index is 380. The average Bonchev–Trinajstić information content (AvgIpc) is 2.32. The van der Waals surface area contributed by atoms with Gasteiger partial charge in [0.1, 0.15) is 0 Å². The monoisotopic (exact) mass is 234 g/mol. The van der Waals surface area contributed by atoms with E-state index >= 15 is 0 Å². The molecule has 0 saturated carbocycles. The largest absolute Gasteiger partial charge is 0.481 e. The Balaban J connectivity index is 2.05. The van der Waals surface area contributed by atoms with Crippen molar-refractivity contribution in [3.05, 3.63) is 30.3 Å². The Morgan fingerprint density at radius 2 is 2.06 bits per heavy atom. The quantitative estimate of drug-likeness (QED) is 0.855. The van der Waals surface area contributed by atoms with Crippen LogP contribution in [-0.4, -0.2) is 48.7 Å². The SMILES string of the molecule is CN1CCN(c2ccccc2)CC1CC(=O)O. The van der Waals surface area contributed by atoms with E-state index in [1.54, 1.807) is 0 Å². The van der Waals surface area contributed by atoms with Gasteiger partial charge < -0.3 is 10.0 Å². The van der Waals surface area contributed by atoms with Crippen LogP contribution in [0.3, 0.4) is 0 Å². The molecule has 1 aromatic carbocycles. The van der Waals surface area contributed by atoms with E-state index in [4.69, 9.17) is 5.11 Å². The predicted molar refractivity (Wildman–Crippen MR) is 67.3 cm³/mol. The summed E-state index contributed by atoms with van der Waals surface area (Å²) in [5, 5.41) is 8.90. The van der Waals surface area contributed by atoms with Crippen molar-refractivity contribution in [3.8, 4) is 0 Å². The van der Waals surface area contributed by atoms with E-state index in [9.17, 15) is 4.79 Å². The smallest absolute Gasteiger partial charge is 0.305 e. The lowest BCUT2D eigenvalue weighted by Crippen LogP contribution is -2.52. The van der Waals surface area contributed by atoms with Crippen LogP contribution in [0.25, 0.3) is 0 Å². The fourth-order valence-electron chi connectivity index (χ4n) is 2.24. The molecular formula is C13H18N2O2. The summed E-state index contributed by atoms with van der Waals surface area (Å²) in [6.07, 6.45) is 0.208. The number of nitrogens with zero attached hydrogens (tertiary/aromatic N) is 2. The number of piperazine rings is 1. The van der Waals surface area contributed by atoms with Gasteiger partial charge in [-0.25, -0.2) is 0 Å². The number of hydrogen-bond donors (Lipinski definition) is 1. The molecule has 4 nitrogen and oxygen atoms in total. The molecule has 1 aliphatic rings. The van der Waals surface area contributed by atoms with E-state index < -0.39 is 5.97 Å². The van der Waals surface area contributed by atoms with Crippen molar-refractivity contribution in [2.75, 3.05) is 31.6 Å². The van der Waals surface area contributed by atoms with Gasteiger partial charge in [0, 0.05) is 31.4 Å². The van der Waals surface area contributed by atoms with Crippen LogP contribution in [0, 0.1) is 0 Å². The highest BCUT2D eigenvalue weighted by molar-refractivity contribution is 5.67. The van der Waals surface area contributed by atoms with Gasteiger partial charge in [0.05, 0.1) is 6.42 Å². The highest BCUT2D eigenvalue weighted by Gasteiger charge is 2.26. The fourth-order valence-corrected chi connectivity index (χ4v) is 2.24. The summed E-state index contributed by atoms with van der Waals surface area (Å²) in [7, 11) is 2.00. The first-order valence-corrected chi connectivity index (χ1v) is 5.89. The van der Waals surface area contributed by atoms with Crippen LogP contribution in [0.5, 0.6) is 0 Å². The van der Waals surface area contributed by atoms with Crippen LogP contribution in [0.4, 0.5) is 5.69 Å². The van der Waals surface area contributed by atoms with E-state index in [0.29, 0.717) is 0 Å². The summed E-state index contributed by atoms with van der Waals surface area (Å²) in [5.74, 6) is -0.725. The summed E-state index contributed by atoms with van der Waals surface area (Å²) in [6.45, 7) is 2.65. The van der Waals surface area contributed by atoms with Gasteiger partial charge in [-0.15, -0.1) is 0 Å². The van der Waals surface area contributed by atoms with Crippen molar-refractivity contribution in [3.63, 3.8) is 0 Å². The first-order chi connectivity index (χ1) is 8.16. The van der Waals surface area contributed by atoms with Crippen LogP contribution < -0.4 is 4.90 Å². The Labute approximate surface area is 101 Å². The molecule has 1 unspecified atom stereocenters. The molecule has 0 amide bonds. The molecule has 92 valence electrons. The van der Waals surface area contributed by atoms with Gasteiger partial charge in [-0.05, 0) is 19.2 Å². The van der Waals surface area contributed by atoms with Gasteiger partial charge in [0.2, 0.25) is 0 Å². The van der Waals surface area contributed by atoms with E-state index in [0.717, 1.165) is 19.6 Å². The van der Waals surface area contributed by atoms with E-state index in [-0.39, 0.29) is 12.5 Å². The topological polar surface area (TPSA) is 43.8 Å². The highest BCUT2D eigenvalue weighted by Crippen LogP contribution is 2.19. The molecule has 4 heteroatoms. The Kier molecular flexibility index (Phi) is 3.64. The molecule has 1 fully saturated rings. The maximum Gasteiger partial charge on any atom is 0.305 e. The average molecular weight is 234 g/mol. The van der Waals surface area contributed by atoms with E-state index in [1.807, 2.05) is 25.2 Å². The molecule has 1 aromatic rings. The van der Waals surface area contributed by atoms with Gasteiger partial charge in [-0.1, -0.05) is 18.2 Å². The third-order valence-electron chi connectivity index (χ3n) is 3.31. The highest BCUT2D eigenvalue weighted by atomic mass is 16.4. The summed E-state index contributed by atoms with van der Waals surface area (Å²) in [6, 6.07) is 10.3. The number of likely N-dealkylation sites (N-methyl/N-ethyl adjacent to an activating group) is 1. The fraction of sp³-hybridized carbons (Fsp3) is 0.462. The molecular weight excluding hydrogens is 216 g/mol. The van der Waals surface area contributed by atoms with Crippen LogP contribution in [-0.2, 0) is 4.79 Å². The second kappa shape index (κ2) is 5.19. The number of para-hydroxylation sites is 1. The number of carboxylic acids is 1. The Morgan fingerprint density at radius 1 is 1.35 bits per heavy atom. The Morgan fingerprint density at radius 3 is 2.71 bits per heavy atom. The van der Waals surface area contributed by atoms with Gasteiger partial charge in [0.15, 0.2) is 0 Å². The van der Waals surface area contributed by atoms with Crippen molar-refractivity contribution in [2.45, 2.75) is 12.5 Å². The van der Waals surface area contributed by atoms with Crippen molar-refractivity contribution in [1.82, 2.24) is 4.90 Å². The number of aliphatic carboxylic acids is 1. The molecule has 1 N–H and O–H groups in total. The van der Waals surface area contributed by atoms with E-state index in [2.05, 4.69) is 21.9 Å². The predicted octanol–water partition coefficient (Wildman–Crippen LogP) is 1.28. The molecule has 1 atom stereocenters. The molecule has 1 heterocycles. The maximum absolute atomic E-state index is 10.8. The summed E-state index contributed by atoms with van der Waals surface area (Å²) >= 11 is 0. The van der Waals surface area contributed by atoms with Crippen LogP contribution in [0.1, 0.15) is 6.42 Å². The summed E-state index contributed by atoms with van der Waals surface area (Å²) in [4.78, 5) is 15.2. The van der Waals surface area contributed by atoms with Gasteiger partial charge in [0.25, 0.3) is 0 Å². The van der Waals surface area contributed by atoms with Crippen molar-refractivity contribution in [2.24, 2.45) is 0 Å². The second-order valence-corrected chi connectivity index (χ2v) is 4.51. The number of carboxylic acid groups (broad SMARTS) is 1. The zero-order chi connectivity index (χ0) is 12.3. The normalized spacial score (nSPS) is 21.5. The molecule has 0 radical (unpaired) electrons. The number of benzene rings is 1. The number of anilines is 1. The third-order valence-corrected chi connectivity index (χ3v) is 3.31. The van der Waals surface area contributed by atoms with E-state index in [1.165, 1.54) is 5.69 Å². The minimum absolute atomic E-state index is 0.0986. The van der Waals surface area contributed by atoms with Crippen molar-refractivity contribution in [1.29, 1.82) is 0 Å². The number of rotatable bonds is 3. The van der Waals surface area contributed by atoms with Gasteiger partial charge in [-0.2, -0.15) is 0 Å². The molecule has 17 heavy (non-hydrogen) atoms. The van der Waals surface area contributed by atoms with Gasteiger partial charge >= 0.3 is 5.97 Å². The molecule has 2 rings (SSSR count). The minimum atomic E-state index is -0.725. The zero-order valence-corrected chi connectivity index (χ0v) is 10.0. The molecule has 0 bridgehead atoms. The lowest BCUT2D eigenvalue weighted by molar-refractivity contribution is -0.138. The molecule has 0 aliphatic carbocycles. The lowest BCUT2D eigenvalue weighted by Gasteiger charge is -2.40. The van der Waals surface area contributed by atoms with Crippen molar-refractivity contribution >= 4 is 11.7 Å². The first-order valence-electron chi connectivity index (χ1n) is 5.89. The second-order valence-electron chi connectivity index (χ2n) is 4.51. The van der Waals surface area contributed by atoms with Gasteiger partial charge in [-0.3, -0.25) is 9.69 Å². The molecule has 0 aromatic heterocycles. The third kappa shape index (κ3) is 2.97. The summed E-state index contributed by atoms with van der Waals surface area (Å²) in [5.41, 5.74) is 1.18.